The maximum absolute atomic E-state index is 13.0. The predicted molar refractivity (Wildman–Crippen MR) is 77.8 cm³/mol. The van der Waals surface area contributed by atoms with E-state index in [0.29, 0.717) is 14.6 Å². The van der Waals surface area contributed by atoms with Gasteiger partial charge < -0.3 is 10.5 Å². The first-order chi connectivity index (χ1) is 9.29. The smallest absolute Gasteiger partial charge is 0.420 e. The number of ether oxygens (including phenoxy) is 1. The maximum atomic E-state index is 13.0. The Hall–Kier alpha value is -1.21. The van der Waals surface area contributed by atoms with E-state index >= 15 is 0 Å². The minimum absolute atomic E-state index is 0.220. The highest BCUT2D eigenvalue weighted by molar-refractivity contribution is 9.11. The van der Waals surface area contributed by atoms with Gasteiger partial charge in [-0.15, -0.1) is 0 Å². The van der Waals surface area contributed by atoms with Gasteiger partial charge in [0.1, 0.15) is 11.5 Å². The second kappa shape index (κ2) is 5.65. The lowest BCUT2D eigenvalue weighted by atomic mass is 10.2. The zero-order chi connectivity index (χ0) is 14.9. The molecular formula is C13H8Br2F3NO. The summed E-state index contributed by atoms with van der Waals surface area (Å²) in [7, 11) is 0. The minimum atomic E-state index is -4.51. The largest absolute Gasteiger partial charge is 0.455 e. The van der Waals surface area contributed by atoms with E-state index in [1.807, 2.05) is 0 Å². The summed E-state index contributed by atoms with van der Waals surface area (Å²) in [5.74, 6) is -0.0650. The number of nitrogen functional groups attached to an aromatic ring is 1. The van der Waals surface area contributed by atoms with Crippen LogP contribution < -0.4 is 10.5 Å². The van der Waals surface area contributed by atoms with Crippen molar-refractivity contribution in [2.75, 3.05) is 5.73 Å². The molecule has 0 unspecified atom stereocenters. The molecule has 106 valence electrons. The van der Waals surface area contributed by atoms with Crippen LogP contribution in [0.1, 0.15) is 5.56 Å². The second-order valence-electron chi connectivity index (χ2n) is 3.90. The Labute approximate surface area is 130 Å². The van der Waals surface area contributed by atoms with Crippen LogP contribution in [0.3, 0.4) is 0 Å². The molecule has 0 aliphatic carbocycles. The van der Waals surface area contributed by atoms with Crippen molar-refractivity contribution in [3.05, 3.63) is 50.9 Å². The summed E-state index contributed by atoms with van der Waals surface area (Å²) in [5, 5.41) is 0. The average Bonchev–Trinajstić information content (AvgIpc) is 2.36. The van der Waals surface area contributed by atoms with Crippen LogP contribution in [-0.4, -0.2) is 0 Å². The maximum Gasteiger partial charge on any atom is 0.420 e. The Balaban J connectivity index is 2.46. The fraction of sp³-hybridized carbons (Fsp3) is 0.0769. The van der Waals surface area contributed by atoms with E-state index in [1.54, 1.807) is 12.1 Å². The summed E-state index contributed by atoms with van der Waals surface area (Å²) in [5.41, 5.74) is 5.19. The third kappa shape index (κ3) is 3.27. The SMILES string of the molecule is Nc1cccc(Oc2ccc(Br)cc2C(F)(F)F)c1Br. The van der Waals surface area contributed by atoms with E-state index in [9.17, 15) is 13.2 Å². The molecule has 0 aliphatic heterocycles. The summed E-state index contributed by atoms with van der Waals surface area (Å²) < 4.78 is 45.0. The first-order valence-corrected chi connectivity index (χ1v) is 6.96. The van der Waals surface area contributed by atoms with Crippen molar-refractivity contribution in [1.29, 1.82) is 0 Å². The van der Waals surface area contributed by atoms with Gasteiger partial charge in [-0.1, -0.05) is 22.0 Å². The average molecular weight is 411 g/mol. The normalized spacial score (nSPS) is 11.4. The topological polar surface area (TPSA) is 35.2 Å². The fourth-order valence-electron chi connectivity index (χ4n) is 1.54. The Kier molecular flexibility index (Phi) is 4.29. The van der Waals surface area contributed by atoms with Crippen molar-refractivity contribution < 1.29 is 17.9 Å². The number of benzene rings is 2. The number of rotatable bonds is 2. The Morgan fingerprint density at radius 2 is 1.70 bits per heavy atom. The molecule has 2 N–H and O–H groups in total. The Morgan fingerprint density at radius 3 is 2.35 bits per heavy atom. The minimum Gasteiger partial charge on any atom is -0.455 e. The monoisotopic (exact) mass is 409 g/mol. The molecule has 0 amide bonds. The molecule has 0 fully saturated rings. The van der Waals surface area contributed by atoms with Gasteiger partial charge in [-0.25, -0.2) is 0 Å². The fourth-order valence-corrected chi connectivity index (χ4v) is 2.24. The molecule has 0 heterocycles. The number of nitrogens with two attached hydrogens (primary N) is 1. The predicted octanol–water partition coefficient (Wildman–Crippen LogP) is 5.60. The van der Waals surface area contributed by atoms with Gasteiger partial charge in [-0.3, -0.25) is 0 Å². The van der Waals surface area contributed by atoms with Gasteiger partial charge in [-0.05, 0) is 46.3 Å². The molecule has 20 heavy (non-hydrogen) atoms. The molecule has 0 bridgehead atoms. The van der Waals surface area contributed by atoms with Crippen molar-refractivity contribution in [2.24, 2.45) is 0 Å². The van der Waals surface area contributed by atoms with Gasteiger partial charge in [0.15, 0.2) is 0 Å². The molecule has 0 aliphatic rings. The quantitative estimate of drug-likeness (QED) is 0.653. The van der Waals surface area contributed by atoms with Crippen LogP contribution in [0.15, 0.2) is 45.3 Å². The van der Waals surface area contributed by atoms with Gasteiger partial charge in [0, 0.05) is 10.2 Å². The lowest BCUT2D eigenvalue weighted by Crippen LogP contribution is -2.07. The van der Waals surface area contributed by atoms with E-state index in [2.05, 4.69) is 31.9 Å². The third-order valence-corrected chi connectivity index (χ3v) is 3.80. The van der Waals surface area contributed by atoms with Crippen molar-refractivity contribution in [1.82, 2.24) is 0 Å². The third-order valence-electron chi connectivity index (χ3n) is 2.46. The summed E-state index contributed by atoms with van der Waals surface area (Å²) in [4.78, 5) is 0. The van der Waals surface area contributed by atoms with Crippen LogP contribution in [0.2, 0.25) is 0 Å². The Morgan fingerprint density at radius 1 is 1.00 bits per heavy atom. The molecule has 0 radical (unpaired) electrons. The first-order valence-electron chi connectivity index (χ1n) is 5.37. The van der Waals surface area contributed by atoms with E-state index in [4.69, 9.17) is 10.5 Å². The highest BCUT2D eigenvalue weighted by Gasteiger charge is 2.35. The summed E-state index contributed by atoms with van der Waals surface area (Å²) in [6, 6.07) is 8.44. The highest BCUT2D eigenvalue weighted by Crippen LogP contribution is 2.41. The van der Waals surface area contributed by atoms with Crippen molar-refractivity contribution in [3.63, 3.8) is 0 Å². The molecule has 0 atom stereocenters. The number of anilines is 1. The Bertz CT molecular complexity index is 644. The lowest BCUT2D eigenvalue weighted by molar-refractivity contribution is -0.138. The molecule has 0 saturated carbocycles. The second-order valence-corrected chi connectivity index (χ2v) is 5.61. The zero-order valence-corrected chi connectivity index (χ0v) is 13.0. The lowest BCUT2D eigenvalue weighted by Gasteiger charge is -2.15. The van der Waals surface area contributed by atoms with E-state index < -0.39 is 11.7 Å². The van der Waals surface area contributed by atoms with Crippen LogP contribution in [0.4, 0.5) is 18.9 Å². The summed E-state index contributed by atoms with van der Waals surface area (Å²) in [6.07, 6.45) is -4.51. The molecule has 0 aromatic heterocycles. The van der Waals surface area contributed by atoms with Gasteiger partial charge >= 0.3 is 6.18 Å². The van der Waals surface area contributed by atoms with Crippen molar-refractivity contribution >= 4 is 37.5 Å². The van der Waals surface area contributed by atoms with Crippen LogP contribution in [0, 0.1) is 0 Å². The van der Waals surface area contributed by atoms with Gasteiger partial charge in [0.25, 0.3) is 0 Å². The van der Waals surface area contributed by atoms with Crippen LogP contribution in [0.25, 0.3) is 0 Å². The van der Waals surface area contributed by atoms with Crippen LogP contribution in [-0.2, 0) is 6.18 Å². The van der Waals surface area contributed by atoms with Crippen molar-refractivity contribution in [2.45, 2.75) is 6.18 Å². The molecule has 7 heteroatoms. The van der Waals surface area contributed by atoms with Crippen molar-refractivity contribution in [3.8, 4) is 11.5 Å². The van der Waals surface area contributed by atoms with Gasteiger partial charge in [0.05, 0.1) is 10.0 Å². The standard InChI is InChI=1S/C13H8Br2F3NO/c14-7-4-5-10(8(6-7)13(16,17)18)20-11-3-1-2-9(19)12(11)15/h1-6H,19H2. The first kappa shape index (κ1) is 15.2. The molecular weight excluding hydrogens is 403 g/mol. The number of alkyl halides is 3. The molecule has 2 aromatic carbocycles. The molecule has 2 rings (SSSR count). The van der Waals surface area contributed by atoms with Gasteiger partial charge in [0.2, 0.25) is 0 Å². The van der Waals surface area contributed by atoms with E-state index in [-0.39, 0.29) is 11.5 Å². The number of halogens is 5. The van der Waals surface area contributed by atoms with E-state index in [1.165, 1.54) is 18.2 Å². The number of hydrogen-bond donors (Lipinski definition) is 1. The van der Waals surface area contributed by atoms with E-state index in [0.717, 1.165) is 6.07 Å². The zero-order valence-electron chi connectivity index (χ0n) is 9.84. The summed E-state index contributed by atoms with van der Waals surface area (Å²) >= 11 is 6.20. The summed E-state index contributed by atoms with van der Waals surface area (Å²) in [6.45, 7) is 0. The van der Waals surface area contributed by atoms with Gasteiger partial charge in [-0.2, -0.15) is 13.2 Å². The van der Waals surface area contributed by atoms with Crippen LogP contribution >= 0.6 is 31.9 Å². The molecule has 2 aromatic rings. The molecule has 0 saturated heterocycles. The molecule has 0 spiro atoms. The molecule has 2 nitrogen and oxygen atoms in total. The number of hydrogen-bond acceptors (Lipinski definition) is 2. The van der Waals surface area contributed by atoms with Crippen LogP contribution in [0.5, 0.6) is 11.5 Å². The highest BCUT2D eigenvalue weighted by atomic mass is 79.9.